The summed E-state index contributed by atoms with van der Waals surface area (Å²) in [5, 5.41) is 6.36. The number of carbonyl (C=O) groups is 1. The van der Waals surface area contributed by atoms with Crippen molar-refractivity contribution in [3.63, 3.8) is 0 Å². The monoisotopic (exact) mass is 246 g/mol. The molecule has 2 rings (SSSR count). The summed E-state index contributed by atoms with van der Waals surface area (Å²) in [5.41, 5.74) is 2.82. The molecule has 1 amide bonds. The van der Waals surface area contributed by atoms with Crippen LogP contribution in [0.4, 0.5) is 0 Å². The molecule has 0 heterocycles. The maximum absolute atomic E-state index is 11.8. The fourth-order valence-corrected chi connectivity index (χ4v) is 2.52. The van der Waals surface area contributed by atoms with E-state index in [2.05, 4.69) is 34.9 Å². The van der Waals surface area contributed by atoms with Gasteiger partial charge in [-0.05, 0) is 44.7 Å². The van der Waals surface area contributed by atoms with Crippen molar-refractivity contribution in [1.29, 1.82) is 0 Å². The summed E-state index contributed by atoms with van der Waals surface area (Å²) in [5.74, 6) is 0.0842. The Morgan fingerprint density at radius 3 is 2.22 bits per heavy atom. The molecule has 1 aromatic rings. The first-order valence-corrected chi connectivity index (χ1v) is 6.69. The largest absolute Gasteiger partial charge is 0.353 e. The molecule has 0 spiro atoms. The highest BCUT2D eigenvalue weighted by molar-refractivity contribution is 5.81. The van der Waals surface area contributed by atoms with Crippen molar-refractivity contribution in [1.82, 2.24) is 10.6 Å². The summed E-state index contributed by atoms with van der Waals surface area (Å²) in [4.78, 5) is 11.8. The van der Waals surface area contributed by atoms with E-state index in [-0.39, 0.29) is 18.0 Å². The van der Waals surface area contributed by atoms with E-state index in [1.807, 2.05) is 20.8 Å². The lowest BCUT2D eigenvalue weighted by Gasteiger charge is -2.20. The summed E-state index contributed by atoms with van der Waals surface area (Å²) in [7, 11) is 0. The van der Waals surface area contributed by atoms with E-state index in [0.717, 1.165) is 12.8 Å². The van der Waals surface area contributed by atoms with Crippen LogP contribution in [0.25, 0.3) is 0 Å². The zero-order chi connectivity index (χ0) is 13.1. The van der Waals surface area contributed by atoms with Crippen LogP contribution in [0.2, 0.25) is 0 Å². The normalized spacial score (nSPS) is 16.7. The van der Waals surface area contributed by atoms with Crippen molar-refractivity contribution < 1.29 is 4.79 Å². The van der Waals surface area contributed by atoms with Gasteiger partial charge in [-0.15, -0.1) is 0 Å². The summed E-state index contributed by atoms with van der Waals surface area (Å²) in [6.45, 7) is 5.90. The second kappa shape index (κ2) is 5.53. The van der Waals surface area contributed by atoms with Gasteiger partial charge in [0.15, 0.2) is 0 Å². The standard InChI is InChI=1S/C15H22N2O/c1-10(2)16-15(18)11(3)17-14-8-12-6-4-5-7-13(12)9-14/h4-7,10-11,14,17H,8-9H2,1-3H3,(H,16,18). The molecule has 1 atom stereocenters. The molecule has 1 unspecified atom stereocenters. The van der Waals surface area contributed by atoms with Gasteiger partial charge in [0.25, 0.3) is 0 Å². The van der Waals surface area contributed by atoms with Crippen molar-refractivity contribution in [2.75, 3.05) is 0 Å². The zero-order valence-electron chi connectivity index (χ0n) is 11.4. The Kier molecular flexibility index (Phi) is 4.02. The fraction of sp³-hybridized carbons (Fsp3) is 0.533. The van der Waals surface area contributed by atoms with E-state index < -0.39 is 0 Å². The predicted octanol–water partition coefficient (Wildman–Crippen LogP) is 1.66. The molecule has 2 N–H and O–H groups in total. The molecule has 0 saturated heterocycles. The third-order valence-corrected chi connectivity index (χ3v) is 3.36. The number of hydrogen-bond donors (Lipinski definition) is 2. The third kappa shape index (κ3) is 3.10. The van der Waals surface area contributed by atoms with Crippen LogP contribution < -0.4 is 10.6 Å². The lowest BCUT2D eigenvalue weighted by Crippen LogP contribution is -2.48. The van der Waals surface area contributed by atoms with Crippen LogP contribution in [0.5, 0.6) is 0 Å². The Labute approximate surface area is 109 Å². The highest BCUT2D eigenvalue weighted by atomic mass is 16.2. The van der Waals surface area contributed by atoms with Gasteiger partial charge in [-0.25, -0.2) is 0 Å². The average Bonchev–Trinajstić information content (AvgIpc) is 2.69. The minimum absolute atomic E-state index is 0.0842. The minimum Gasteiger partial charge on any atom is -0.353 e. The van der Waals surface area contributed by atoms with Crippen molar-refractivity contribution >= 4 is 5.91 Å². The van der Waals surface area contributed by atoms with Gasteiger partial charge in [-0.2, -0.15) is 0 Å². The number of fused-ring (bicyclic) bond motifs is 1. The van der Waals surface area contributed by atoms with Gasteiger partial charge in [-0.1, -0.05) is 24.3 Å². The van der Waals surface area contributed by atoms with Crippen LogP contribution in [0.15, 0.2) is 24.3 Å². The Morgan fingerprint density at radius 2 is 1.72 bits per heavy atom. The molecule has 0 aliphatic heterocycles. The summed E-state index contributed by atoms with van der Waals surface area (Å²) in [6.07, 6.45) is 2.05. The van der Waals surface area contributed by atoms with Crippen LogP contribution in [0.1, 0.15) is 31.9 Å². The number of amides is 1. The third-order valence-electron chi connectivity index (χ3n) is 3.36. The fourth-order valence-electron chi connectivity index (χ4n) is 2.52. The number of carbonyl (C=O) groups excluding carboxylic acids is 1. The Balaban J connectivity index is 1.87. The van der Waals surface area contributed by atoms with E-state index in [9.17, 15) is 4.79 Å². The SMILES string of the molecule is CC(C)NC(=O)C(C)NC1Cc2ccccc2C1. The van der Waals surface area contributed by atoms with Crippen LogP contribution in [-0.4, -0.2) is 24.0 Å². The second-order valence-electron chi connectivity index (χ2n) is 5.43. The second-order valence-corrected chi connectivity index (χ2v) is 5.43. The van der Waals surface area contributed by atoms with Crippen LogP contribution in [-0.2, 0) is 17.6 Å². The minimum atomic E-state index is -0.133. The van der Waals surface area contributed by atoms with Crippen LogP contribution in [0, 0.1) is 0 Å². The molecule has 1 aliphatic carbocycles. The lowest BCUT2D eigenvalue weighted by molar-refractivity contribution is -0.123. The molecule has 0 fully saturated rings. The molecule has 1 aromatic carbocycles. The van der Waals surface area contributed by atoms with Crippen molar-refractivity contribution in [2.45, 2.75) is 51.7 Å². The maximum Gasteiger partial charge on any atom is 0.237 e. The summed E-state index contributed by atoms with van der Waals surface area (Å²) in [6, 6.07) is 8.96. The van der Waals surface area contributed by atoms with Gasteiger partial charge in [0, 0.05) is 12.1 Å². The van der Waals surface area contributed by atoms with E-state index in [4.69, 9.17) is 0 Å². The number of nitrogens with one attached hydrogen (secondary N) is 2. The number of benzene rings is 1. The van der Waals surface area contributed by atoms with Gasteiger partial charge in [0.05, 0.1) is 6.04 Å². The van der Waals surface area contributed by atoms with Gasteiger partial charge >= 0.3 is 0 Å². The average molecular weight is 246 g/mol. The number of hydrogen-bond acceptors (Lipinski definition) is 2. The first kappa shape index (κ1) is 13.1. The molecule has 1 aliphatic rings. The maximum atomic E-state index is 11.8. The van der Waals surface area contributed by atoms with E-state index in [1.54, 1.807) is 0 Å². The molecule has 0 saturated carbocycles. The van der Waals surface area contributed by atoms with E-state index in [1.165, 1.54) is 11.1 Å². The molecular weight excluding hydrogens is 224 g/mol. The molecular formula is C15H22N2O. The zero-order valence-corrected chi connectivity index (χ0v) is 11.4. The molecule has 0 radical (unpaired) electrons. The Hall–Kier alpha value is -1.35. The van der Waals surface area contributed by atoms with Gasteiger partial charge in [0.2, 0.25) is 5.91 Å². The Morgan fingerprint density at radius 1 is 1.17 bits per heavy atom. The van der Waals surface area contributed by atoms with Gasteiger partial charge < -0.3 is 10.6 Å². The van der Waals surface area contributed by atoms with Crippen molar-refractivity contribution in [2.24, 2.45) is 0 Å². The summed E-state index contributed by atoms with van der Waals surface area (Å²) < 4.78 is 0. The lowest BCUT2D eigenvalue weighted by atomic mass is 10.1. The predicted molar refractivity (Wildman–Crippen MR) is 73.5 cm³/mol. The molecule has 0 aromatic heterocycles. The van der Waals surface area contributed by atoms with E-state index in [0.29, 0.717) is 6.04 Å². The molecule has 0 bridgehead atoms. The molecule has 3 nitrogen and oxygen atoms in total. The molecule has 3 heteroatoms. The summed E-state index contributed by atoms with van der Waals surface area (Å²) >= 11 is 0. The van der Waals surface area contributed by atoms with Gasteiger partial charge in [0.1, 0.15) is 0 Å². The van der Waals surface area contributed by atoms with Crippen molar-refractivity contribution in [3.05, 3.63) is 35.4 Å². The molecule has 18 heavy (non-hydrogen) atoms. The van der Waals surface area contributed by atoms with E-state index >= 15 is 0 Å². The van der Waals surface area contributed by atoms with Crippen LogP contribution in [0.3, 0.4) is 0 Å². The highest BCUT2D eigenvalue weighted by Crippen LogP contribution is 2.21. The Bertz CT molecular complexity index is 403. The topological polar surface area (TPSA) is 41.1 Å². The first-order chi connectivity index (χ1) is 8.56. The van der Waals surface area contributed by atoms with Crippen molar-refractivity contribution in [3.8, 4) is 0 Å². The number of rotatable bonds is 4. The smallest absolute Gasteiger partial charge is 0.237 e. The quantitative estimate of drug-likeness (QED) is 0.848. The van der Waals surface area contributed by atoms with Crippen LogP contribution >= 0.6 is 0 Å². The first-order valence-electron chi connectivity index (χ1n) is 6.69. The highest BCUT2D eigenvalue weighted by Gasteiger charge is 2.24. The molecule has 98 valence electrons. The van der Waals surface area contributed by atoms with Gasteiger partial charge in [-0.3, -0.25) is 4.79 Å².